The van der Waals surface area contributed by atoms with Crippen molar-refractivity contribution in [3.05, 3.63) is 24.3 Å². The highest BCUT2D eigenvalue weighted by Crippen LogP contribution is 2.38. The summed E-state index contributed by atoms with van der Waals surface area (Å²) in [5.74, 6) is 1.78. The summed E-state index contributed by atoms with van der Waals surface area (Å²) in [4.78, 5) is 8.80. The van der Waals surface area contributed by atoms with Gasteiger partial charge in [0, 0.05) is 12.2 Å². The van der Waals surface area contributed by atoms with Gasteiger partial charge in [-0.05, 0) is 38.2 Å². The molecule has 0 N–H and O–H groups in total. The van der Waals surface area contributed by atoms with E-state index in [1.165, 1.54) is 24.8 Å². The van der Waals surface area contributed by atoms with Gasteiger partial charge in [-0.2, -0.15) is 0 Å². The van der Waals surface area contributed by atoms with Gasteiger partial charge in [0.1, 0.15) is 11.3 Å². The van der Waals surface area contributed by atoms with Crippen molar-refractivity contribution in [2.24, 2.45) is 5.92 Å². The first kappa shape index (κ1) is 12.0. The van der Waals surface area contributed by atoms with Crippen LogP contribution < -0.4 is 0 Å². The van der Waals surface area contributed by atoms with Crippen LogP contribution in [0.15, 0.2) is 18.5 Å². The summed E-state index contributed by atoms with van der Waals surface area (Å²) in [6, 6.07) is 2.59. The van der Waals surface area contributed by atoms with E-state index in [0.717, 1.165) is 17.3 Å². The van der Waals surface area contributed by atoms with E-state index in [0.29, 0.717) is 6.04 Å². The highest BCUT2D eigenvalue weighted by Gasteiger charge is 2.27. The van der Waals surface area contributed by atoms with E-state index < -0.39 is 0 Å². The predicted octanol–water partition coefficient (Wildman–Crippen LogP) is 4.09. The maximum absolute atomic E-state index is 6.29. The van der Waals surface area contributed by atoms with Crippen LogP contribution in [0.25, 0.3) is 11.0 Å². The summed E-state index contributed by atoms with van der Waals surface area (Å²) in [7, 11) is 0. The molecule has 1 aliphatic carbocycles. The lowest BCUT2D eigenvalue weighted by atomic mass is 10.1. The molecule has 0 aliphatic heterocycles. The molecule has 3 rings (SSSR count). The Labute approximate surface area is 112 Å². The van der Waals surface area contributed by atoms with Crippen molar-refractivity contribution >= 4 is 22.6 Å². The monoisotopic (exact) mass is 263 g/mol. The van der Waals surface area contributed by atoms with Crippen molar-refractivity contribution in [2.45, 2.75) is 44.5 Å². The average molecular weight is 264 g/mol. The van der Waals surface area contributed by atoms with E-state index >= 15 is 0 Å². The van der Waals surface area contributed by atoms with Gasteiger partial charge in [-0.25, -0.2) is 4.98 Å². The number of imidazole rings is 1. The van der Waals surface area contributed by atoms with Crippen LogP contribution in [0.4, 0.5) is 0 Å². The second-order valence-electron chi connectivity index (χ2n) is 5.39. The molecule has 1 aliphatic rings. The zero-order valence-corrected chi connectivity index (χ0v) is 11.6. The molecule has 1 fully saturated rings. The van der Waals surface area contributed by atoms with Gasteiger partial charge in [0.05, 0.1) is 17.1 Å². The molecule has 2 heterocycles. The fourth-order valence-corrected chi connectivity index (χ4v) is 3.20. The predicted molar refractivity (Wildman–Crippen MR) is 73.8 cm³/mol. The Bertz CT molecular complexity index is 561. The van der Waals surface area contributed by atoms with Crippen LogP contribution >= 0.6 is 11.6 Å². The largest absolute Gasteiger partial charge is 0.324 e. The van der Waals surface area contributed by atoms with Crippen molar-refractivity contribution in [3.63, 3.8) is 0 Å². The minimum absolute atomic E-state index is 0.0618. The van der Waals surface area contributed by atoms with Crippen LogP contribution in [0, 0.1) is 5.92 Å². The molecule has 3 nitrogen and oxygen atoms in total. The zero-order chi connectivity index (χ0) is 12.7. The molecule has 2 aromatic rings. The maximum Gasteiger partial charge on any atom is 0.128 e. The number of hydrogen-bond acceptors (Lipinski definition) is 2. The maximum atomic E-state index is 6.29. The van der Waals surface area contributed by atoms with Crippen molar-refractivity contribution in [1.29, 1.82) is 0 Å². The molecule has 1 saturated carbocycles. The van der Waals surface area contributed by atoms with Crippen LogP contribution in [-0.4, -0.2) is 14.5 Å². The van der Waals surface area contributed by atoms with Gasteiger partial charge in [-0.3, -0.25) is 4.98 Å². The summed E-state index contributed by atoms with van der Waals surface area (Å²) in [5, 5.41) is -0.0618. The summed E-state index contributed by atoms with van der Waals surface area (Å²) >= 11 is 6.29. The second kappa shape index (κ2) is 4.54. The number of fused-ring (bicyclic) bond motifs is 1. The van der Waals surface area contributed by atoms with Crippen molar-refractivity contribution in [2.75, 3.05) is 0 Å². The normalized spacial score (nSPS) is 25.7. The molecule has 18 heavy (non-hydrogen) atoms. The van der Waals surface area contributed by atoms with Crippen LogP contribution in [0.1, 0.15) is 50.4 Å². The van der Waals surface area contributed by atoms with Crippen LogP contribution in [0.3, 0.4) is 0 Å². The van der Waals surface area contributed by atoms with Gasteiger partial charge in [0.15, 0.2) is 0 Å². The van der Waals surface area contributed by atoms with Crippen molar-refractivity contribution in [3.8, 4) is 0 Å². The van der Waals surface area contributed by atoms with E-state index in [2.05, 4.69) is 21.5 Å². The average Bonchev–Trinajstić information content (AvgIpc) is 2.92. The van der Waals surface area contributed by atoms with Crippen LogP contribution in [0.2, 0.25) is 0 Å². The van der Waals surface area contributed by atoms with E-state index in [1.807, 2.05) is 25.4 Å². The van der Waals surface area contributed by atoms with Gasteiger partial charge in [0.25, 0.3) is 0 Å². The molecule has 0 radical (unpaired) electrons. The summed E-state index contributed by atoms with van der Waals surface area (Å²) in [6.07, 6.45) is 7.41. The number of halogens is 1. The molecular weight excluding hydrogens is 246 g/mol. The Balaban J connectivity index is 2.15. The zero-order valence-electron chi connectivity index (χ0n) is 10.8. The molecule has 2 aromatic heterocycles. The van der Waals surface area contributed by atoms with Crippen molar-refractivity contribution in [1.82, 2.24) is 14.5 Å². The van der Waals surface area contributed by atoms with Crippen LogP contribution in [-0.2, 0) is 0 Å². The van der Waals surface area contributed by atoms with E-state index in [9.17, 15) is 0 Å². The number of pyridine rings is 1. The number of aromatic nitrogens is 3. The Hall–Kier alpha value is -1.09. The van der Waals surface area contributed by atoms with Gasteiger partial charge >= 0.3 is 0 Å². The topological polar surface area (TPSA) is 30.7 Å². The molecule has 4 heteroatoms. The number of hydrogen-bond donors (Lipinski definition) is 0. The lowest BCUT2D eigenvalue weighted by molar-refractivity contribution is 0.488. The van der Waals surface area contributed by atoms with Gasteiger partial charge < -0.3 is 4.57 Å². The molecule has 96 valence electrons. The summed E-state index contributed by atoms with van der Waals surface area (Å²) < 4.78 is 2.35. The Kier molecular flexibility index (Phi) is 3.02. The standard InChI is InChI=1S/C14H18ClN3/c1-9-3-4-11(7-9)18-13-5-6-16-8-12(13)17-14(18)10(2)15/h5-6,8-11H,3-4,7H2,1-2H3. The second-order valence-corrected chi connectivity index (χ2v) is 6.05. The lowest BCUT2D eigenvalue weighted by Crippen LogP contribution is -2.10. The third-order valence-electron chi connectivity index (χ3n) is 3.91. The quantitative estimate of drug-likeness (QED) is 0.764. The minimum Gasteiger partial charge on any atom is -0.324 e. The van der Waals surface area contributed by atoms with E-state index in [-0.39, 0.29) is 5.38 Å². The lowest BCUT2D eigenvalue weighted by Gasteiger charge is -2.17. The molecular formula is C14H18ClN3. The molecule has 3 atom stereocenters. The molecule has 0 saturated heterocycles. The first-order valence-electron chi connectivity index (χ1n) is 6.62. The van der Waals surface area contributed by atoms with Gasteiger partial charge in [-0.15, -0.1) is 11.6 Å². The minimum atomic E-state index is -0.0618. The SMILES string of the molecule is CC1CCC(n2c(C(C)Cl)nc3cnccc32)C1. The van der Waals surface area contributed by atoms with Gasteiger partial charge in [0.2, 0.25) is 0 Å². The van der Waals surface area contributed by atoms with Crippen LogP contribution in [0.5, 0.6) is 0 Å². The highest BCUT2D eigenvalue weighted by atomic mass is 35.5. The third kappa shape index (κ3) is 1.91. The Morgan fingerprint density at radius 3 is 2.94 bits per heavy atom. The summed E-state index contributed by atoms with van der Waals surface area (Å²) in [6.45, 7) is 4.32. The van der Waals surface area contributed by atoms with E-state index in [1.54, 1.807) is 0 Å². The fourth-order valence-electron chi connectivity index (χ4n) is 3.05. The Morgan fingerprint density at radius 1 is 1.44 bits per heavy atom. The molecule has 0 aromatic carbocycles. The number of nitrogens with zero attached hydrogens (tertiary/aromatic N) is 3. The smallest absolute Gasteiger partial charge is 0.128 e. The Morgan fingerprint density at radius 2 is 2.28 bits per heavy atom. The third-order valence-corrected chi connectivity index (χ3v) is 4.10. The molecule has 0 spiro atoms. The van der Waals surface area contributed by atoms with E-state index in [4.69, 9.17) is 11.6 Å². The van der Waals surface area contributed by atoms with Gasteiger partial charge in [-0.1, -0.05) is 6.92 Å². The fraction of sp³-hybridized carbons (Fsp3) is 0.571. The first-order valence-corrected chi connectivity index (χ1v) is 7.06. The molecule has 0 bridgehead atoms. The summed E-state index contributed by atoms with van der Waals surface area (Å²) in [5.41, 5.74) is 2.13. The number of rotatable bonds is 2. The first-order chi connectivity index (χ1) is 8.66. The molecule has 3 unspecified atom stereocenters. The van der Waals surface area contributed by atoms with Crippen molar-refractivity contribution < 1.29 is 0 Å². The highest BCUT2D eigenvalue weighted by molar-refractivity contribution is 6.20. The number of alkyl halides is 1. The molecule has 0 amide bonds.